The van der Waals surface area contributed by atoms with Gasteiger partial charge < -0.3 is 5.73 Å². The number of rotatable bonds is 9. The number of hydrogen-bond donors (Lipinski definition) is 6. The zero-order chi connectivity index (χ0) is 33.9. The van der Waals surface area contributed by atoms with Gasteiger partial charge in [0.25, 0.3) is 50.4 Å². The molecule has 4 rings (SSSR count). The van der Waals surface area contributed by atoms with Crippen LogP contribution in [-0.4, -0.2) is 55.7 Å². The van der Waals surface area contributed by atoms with Gasteiger partial charge in [-0.15, -0.1) is 0 Å². The number of nitrogens with two attached hydrogens (primary N) is 1. The SMILES string of the molecule is Cc1ccc(N)cc1S(=O)(=O)Nc1ccc(C)c(S(=O)(=O)Nc2ccc(S(=O)(=O)O)c3cc(S(=O)(=O)O)cc(S(=O)(=O)O)c23)c1. The Balaban J connectivity index is 1.92. The van der Waals surface area contributed by atoms with E-state index in [2.05, 4.69) is 4.72 Å². The molecule has 0 amide bonds. The fraction of sp³-hybridized carbons (Fsp3) is 0.0833. The lowest BCUT2D eigenvalue weighted by Crippen LogP contribution is -2.18. The summed E-state index contributed by atoms with van der Waals surface area (Å²) in [4.78, 5) is -4.37. The maximum absolute atomic E-state index is 13.6. The summed E-state index contributed by atoms with van der Waals surface area (Å²) in [6, 6.07) is 9.63. The fourth-order valence-electron chi connectivity index (χ4n) is 4.33. The van der Waals surface area contributed by atoms with Gasteiger partial charge in [-0.2, -0.15) is 25.3 Å². The van der Waals surface area contributed by atoms with Crippen molar-refractivity contribution in [2.45, 2.75) is 38.3 Å². The minimum atomic E-state index is -5.46. The van der Waals surface area contributed by atoms with Gasteiger partial charge in [0.1, 0.15) is 9.79 Å². The molecule has 0 aromatic heterocycles. The van der Waals surface area contributed by atoms with Crippen LogP contribution >= 0.6 is 0 Å². The molecule has 0 atom stereocenters. The highest BCUT2D eigenvalue weighted by atomic mass is 32.2. The number of hydrogen-bond acceptors (Lipinski definition) is 11. The number of benzene rings is 4. The van der Waals surface area contributed by atoms with E-state index < -0.39 is 86.4 Å². The third kappa shape index (κ3) is 7.04. The molecule has 0 radical (unpaired) electrons. The van der Waals surface area contributed by atoms with Crippen molar-refractivity contribution < 1.29 is 55.7 Å². The van der Waals surface area contributed by atoms with Crippen LogP contribution < -0.4 is 15.2 Å². The van der Waals surface area contributed by atoms with E-state index >= 15 is 0 Å². The number of aryl methyl sites for hydroxylation is 2. The largest absolute Gasteiger partial charge is 0.399 e. The van der Waals surface area contributed by atoms with Gasteiger partial charge in [-0.1, -0.05) is 12.1 Å². The quantitative estimate of drug-likeness (QED) is 0.107. The number of sulfonamides is 2. The third-order valence-corrected chi connectivity index (χ3v) is 12.0. The molecule has 0 heterocycles. The molecule has 0 saturated heterocycles. The van der Waals surface area contributed by atoms with Gasteiger partial charge in [0, 0.05) is 16.5 Å². The lowest BCUT2D eigenvalue weighted by molar-refractivity contribution is 0.478. The normalized spacial score (nSPS) is 13.1. The predicted octanol–water partition coefficient (Wildman–Crippen LogP) is 2.38. The first-order chi connectivity index (χ1) is 20.4. The first-order valence-corrected chi connectivity index (χ1v) is 19.3. The van der Waals surface area contributed by atoms with Gasteiger partial charge in [-0.25, -0.2) is 16.8 Å². The first-order valence-electron chi connectivity index (χ1n) is 12.0. The van der Waals surface area contributed by atoms with Crippen molar-refractivity contribution in [2.24, 2.45) is 0 Å². The van der Waals surface area contributed by atoms with Crippen LogP contribution in [0.4, 0.5) is 17.1 Å². The topological polar surface area (TPSA) is 281 Å². The lowest BCUT2D eigenvalue weighted by atomic mass is 10.1. The average Bonchev–Trinajstić information content (AvgIpc) is 2.88. The lowest BCUT2D eigenvalue weighted by Gasteiger charge is -2.17. The van der Waals surface area contributed by atoms with Crippen molar-refractivity contribution in [1.29, 1.82) is 0 Å². The molecule has 0 saturated carbocycles. The number of nitrogen functional groups attached to an aromatic ring is 1. The maximum Gasteiger partial charge on any atom is 0.295 e. The Labute approximate surface area is 258 Å². The smallest absolute Gasteiger partial charge is 0.295 e. The van der Waals surface area contributed by atoms with E-state index in [9.17, 15) is 55.7 Å². The van der Waals surface area contributed by atoms with Gasteiger partial charge >= 0.3 is 0 Å². The van der Waals surface area contributed by atoms with Crippen LogP contribution in [0.2, 0.25) is 0 Å². The van der Waals surface area contributed by atoms with Crippen molar-refractivity contribution in [3.05, 3.63) is 71.8 Å². The van der Waals surface area contributed by atoms with Crippen molar-refractivity contribution in [2.75, 3.05) is 15.2 Å². The summed E-state index contributed by atoms with van der Waals surface area (Å²) >= 11 is 0. The second-order valence-corrected chi connectivity index (χ2v) is 17.1. The van der Waals surface area contributed by atoms with Crippen molar-refractivity contribution in [1.82, 2.24) is 0 Å². The van der Waals surface area contributed by atoms with Crippen LogP contribution in [0.25, 0.3) is 10.8 Å². The molecule has 0 aliphatic heterocycles. The van der Waals surface area contributed by atoms with E-state index in [1.54, 1.807) is 0 Å². The molecular weight excluding hydrogens is 699 g/mol. The van der Waals surface area contributed by atoms with E-state index in [0.717, 1.165) is 12.1 Å². The molecule has 0 fully saturated rings. The third-order valence-electron chi connectivity index (χ3n) is 6.34. The summed E-state index contributed by atoms with van der Waals surface area (Å²) in [5.74, 6) is 0. The highest BCUT2D eigenvalue weighted by Crippen LogP contribution is 2.38. The Morgan fingerprint density at radius 2 is 1.09 bits per heavy atom. The summed E-state index contributed by atoms with van der Waals surface area (Å²) in [7, 11) is -25.0. The summed E-state index contributed by atoms with van der Waals surface area (Å²) in [6.45, 7) is 2.86. The molecule has 0 aliphatic carbocycles. The Morgan fingerprint density at radius 3 is 1.64 bits per heavy atom. The van der Waals surface area contributed by atoms with E-state index in [-0.39, 0.29) is 27.9 Å². The molecule has 0 bridgehead atoms. The molecule has 21 heteroatoms. The second kappa shape index (κ2) is 11.2. The first kappa shape index (κ1) is 34.1. The van der Waals surface area contributed by atoms with Crippen molar-refractivity contribution in [3.8, 4) is 0 Å². The molecular formula is C24H23N3O13S5. The van der Waals surface area contributed by atoms with Crippen LogP contribution in [0.1, 0.15) is 11.1 Å². The summed E-state index contributed by atoms with van der Waals surface area (Å²) in [5, 5.41) is -1.80. The minimum absolute atomic E-state index is 0.0631. The Bertz CT molecular complexity index is 2460. The van der Waals surface area contributed by atoms with Gasteiger partial charge in [-0.05, 0) is 73.5 Å². The number of anilines is 3. The molecule has 242 valence electrons. The van der Waals surface area contributed by atoms with Crippen LogP contribution in [0.3, 0.4) is 0 Å². The minimum Gasteiger partial charge on any atom is -0.399 e. The number of fused-ring (bicyclic) bond motifs is 1. The molecule has 4 aromatic rings. The summed E-state index contributed by atoms with van der Waals surface area (Å²) in [6.07, 6.45) is 0. The Hall–Kier alpha value is -3.83. The Morgan fingerprint density at radius 1 is 0.556 bits per heavy atom. The molecule has 0 aliphatic rings. The Kier molecular flexibility index (Phi) is 8.48. The molecule has 45 heavy (non-hydrogen) atoms. The van der Waals surface area contributed by atoms with Gasteiger partial charge in [0.2, 0.25) is 0 Å². The fourth-order valence-corrected chi connectivity index (χ4v) is 9.04. The van der Waals surface area contributed by atoms with E-state index in [0.29, 0.717) is 17.7 Å². The highest BCUT2D eigenvalue weighted by molar-refractivity contribution is 7.93. The summed E-state index contributed by atoms with van der Waals surface area (Å²) < 4.78 is 159. The number of nitrogens with one attached hydrogen (secondary N) is 2. The van der Waals surface area contributed by atoms with E-state index in [1.165, 1.54) is 44.2 Å². The molecule has 16 nitrogen and oxygen atoms in total. The van der Waals surface area contributed by atoms with Gasteiger partial charge in [-0.3, -0.25) is 23.1 Å². The maximum atomic E-state index is 13.6. The van der Waals surface area contributed by atoms with Crippen LogP contribution in [-0.2, 0) is 50.4 Å². The highest BCUT2D eigenvalue weighted by Gasteiger charge is 2.29. The van der Waals surface area contributed by atoms with Gasteiger partial charge in [0.15, 0.2) is 0 Å². The van der Waals surface area contributed by atoms with E-state index in [4.69, 9.17) is 5.73 Å². The van der Waals surface area contributed by atoms with Gasteiger partial charge in [0.05, 0.1) is 26.1 Å². The second-order valence-electron chi connectivity index (χ2n) is 9.60. The van der Waals surface area contributed by atoms with Crippen molar-refractivity contribution in [3.63, 3.8) is 0 Å². The van der Waals surface area contributed by atoms with Crippen LogP contribution in [0.5, 0.6) is 0 Å². The van der Waals surface area contributed by atoms with Crippen LogP contribution in [0.15, 0.2) is 85.1 Å². The standard InChI is InChI=1S/C24H23N3O13S5/c1-13-3-5-15(25)9-21(13)41(28,29)26-16-6-4-14(2)22(10-16)42(30,31)27-19-7-8-20(44(35,36)37)18-11-17(43(32,33)34)12-23(24(18)19)45(38,39)40/h3-12,26-27H,25H2,1-2H3,(H,32,33,34)(H,35,36,37)(H,38,39,40). The molecule has 0 spiro atoms. The zero-order valence-corrected chi connectivity index (χ0v) is 26.9. The molecule has 4 aromatic carbocycles. The zero-order valence-electron chi connectivity index (χ0n) is 22.8. The molecule has 7 N–H and O–H groups in total. The average molecular weight is 722 g/mol. The van der Waals surface area contributed by atoms with Crippen LogP contribution in [0, 0.1) is 13.8 Å². The predicted molar refractivity (Wildman–Crippen MR) is 162 cm³/mol. The monoisotopic (exact) mass is 721 g/mol. The van der Waals surface area contributed by atoms with Crippen molar-refractivity contribution >= 4 is 78.2 Å². The molecule has 0 unspecified atom stereocenters. The summed E-state index contributed by atoms with van der Waals surface area (Å²) in [5.41, 5.74) is 5.33. The van der Waals surface area contributed by atoms with E-state index in [1.807, 2.05) is 4.72 Å².